The van der Waals surface area contributed by atoms with Crippen LogP contribution in [0, 0.1) is 5.41 Å². The maximum Gasteiger partial charge on any atom is 0.231 e. The molecule has 4 nitrogen and oxygen atoms in total. The number of carbonyl (C=O) groups excluding carboxylic acids is 1. The Morgan fingerprint density at radius 3 is 1.86 bits per heavy atom. The smallest absolute Gasteiger partial charge is 0.231 e. The topological polar surface area (TPSA) is 78.2 Å². The quantitative estimate of drug-likeness (QED) is 0.211. The second kappa shape index (κ2) is 9.20. The van der Waals surface area contributed by atoms with Gasteiger partial charge in [0.25, 0.3) is 0 Å². The number of nitrogens with one attached hydrogen (secondary N) is 1. The molecule has 6 heteroatoms. The molecule has 0 aromatic rings. The van der Waals surface area contributed by atoms with Gasteiger partial charge in [-0.2, -0.15) is 0 Å². The van der Waals surface area contributed by atoms with Gasteiger partial charge >= 0.3 is 0 Å². The molecule has 0 bridgehead atoms. The third-order valence-corrected chi connectivity index (χ3v) is 0. The van der Waals surface area contributed by atoms with E-state index in [4.69, 9.17) is 19.0 Å². The Morgan fingerprint density at radius 1 is 1.86 bits per heavy atom. The van der Waals surface area contributed by atoms with Crippen LogP contribution in [-0.2, 0) is 29.8 Å². The summed E-state index contributed by atoms with van der Waals surface area (Å²) in [5.41, 5.74) is 0. The fourth-order valence-electron chi connectivity index (χ4n) is 0. The van der Waals surface area contributed by atoms with Crippen molar-refractivity contribution >= 4 is 26.9 Å². The molecule has 0 spiro atoms. The zero-order chi connectivity index (χ0) is 6.28. The molecule has 0 aliphatic rings. The molecule has 0 heterocycles. The molecule has 0 unspecified atom stereocenters. The zero-order valence-electron chi connectivity index (χ0n) is 3.08. The molecule has 0 radical (unpaired) electrons. The third-order valence-electron chi connectivity index (χ3n) is 0. The second-order valence-electron chi connectivity index (χ2n) is 0.319. The van der Waals surface area contributed by atoms with E-state index in [9.17, 15) is 0 Å². The van der Waals surface area contributed by atoms with Crippen LogP contribution in [0.15, 0.2) is 0 Å². The molecule has 42 valence electrons. The van der Waals surface area contributed by atoms with Gasteiger partial charge in [-0.05, 0) is 0 Å². The molecule has 0 rings (SSSR count). The van der Waals surface area contributed by atoms with Gasteiger partial charge in [-0.25, -0.2) is 21.4 Å². The lowest BCUT2D eigenvalue weighted by Gasteiger charge is -1.66. The number of hydrogen-bond acceptors (Lipinski definition) is 5. The van der Waals surface area contributed by atoms with Gasteiger partial charge in [0.15, 0.2) is 0 Å². The van der Waals surface area contributed by atoms with Gasteiger partial charge in [0, 0.05) is 0 Å². The summed E-state index contributed by atoms with van der Waals surface area (Å²) in [7, 11) is -2.03. The molecule has 0 amide bonds. The van der Waals surface area contributed by atoms with Crippen LogP contribution >= 0.6 is 0 Å². The fourth-order valence-corrected chi connectivity index (χ4v) is 0. The van der Waals surface area contributed by atoms with Crippen molar-refractivity contribution in [3.05, 3.63) is 0 Å². The van der Waals surface area contributed by atoms with E-state index in [-0.39, 0.29) is 0 Å². The van der Waals surface area contributed by atoms with Crippen molar-refractivity contribution in [2.45, 2.75) is 0 Å². The van der Waals surface area contributed by atoms with E-state index < -0.39 is 9.64 Å². The highest BCUT2D eigenvalue weighted by Crippen LogP contribution is 1.33. The van der Waals surface area contributed by atoms with E-state index in [2.05, 4.69) is 11.2 Å². The minimum atomic E-state index is -2.03. The average Bonchev–Trinajstić information content (AvgIpc) is 1.33. The van der Waals surface area contributed by atoms with Crippen LogP contribution in [-0.4, -0.2) is 10.6 Å². The number of rotatable bonds is 0. The minimum Gasteiger partial charge on any atom is -0.459 e. The first-order valence-electron chi connectivity index (χ1n) is 0.970. The van der Waals surface area contributed by atoms with Crippen molar-refractivity contribution in [3.8, 4) is 0 Å². The van der Waals surface area contributed by atoms with Crippen LogP contribution < -0.4 is 0 Å². The molecule has 0 saturated carbocycles. The molecule has 0 fully saturated rings. The van der Waals surface area contributed by atoms with Gasteiger partial charge in [-0.3, -0.25) is 0 Å². The van der Waals surface area contributed by atoms with E-state index in [0.717, 1.165) is 6.08 Å². The van der Waals surface area contributed by atoms with Crippen LogP contribution in [0.4, 0.5) is 0 Å². The lowest BCUT2D eigenvalue weighted by Crippen LogP contribution is -1.51. The maximum absolute atomic E-state index is 8.93. The molecular formula is CH2NO3S2-. The predicted octanol–water partition coefficient (Wildman–Crippen LogP) is -0.214. The highest BCUT2D eigenvalue weighted by molar-refractivity contribution is 8.18. The second-order valence-corrected chi connectivity index (χ2v) is 1.61. The van der Waals surface area contributed by atoms with Crippen molar-refractivity contribution in [1.29, 1.82) is 5.41 Å². The Hall–Kier alpha value is -0.290. The van der Waals surface area contributed by atoms with Gasteiger partial charge in [-0.1, -0.05) is 9.64 Å². The molecular weight excluding hydrogens is 138 g/mol. The fraction of sp³-hybridized carbons (Fsp3) is 0. The highest BCUT2D eigenvalue weighted by atomic mass is 32.8. The summed E-state index contributed by atoms with van der Waals surface area (Å²) in [4.78, 5) is 8.35. The standard InChI is InChI=1S/CHNO.HO2S2/c2-1-3;1-4(2)3/h2H;(H,1,2,3)/q;-1. The number of isocyanates is 1. The summed E-state index contributed by atoms with van der Waals surface area (Å²) in [6, 6.07) is 0. The van der Waals surface area contributed by atoms with Gasteiger partial charge in [-0.15, -0.1) is 0 Å². The summed E-state index contributed by atoms with van der Waals surface area (Å²) in [6.07, 6.45) is 0.750. The Morgan fingerprint density at radius 2 is 1.86 bits per heavy atom. The lowest BCUT2D eigenvalue weighted by atomic mass is 11.7. The monoisotopic (exact) mass is 140 g/mol. The summed E-state index contributed by atoms with van der Waals surface area (Å²) < 4.78 is 16.3. The van der Waals surface area contributed by atoms with Crippen LogP contribution in [0.3, 0.4) is 0 Å². The van der Waals surface area contributed by atoms with E-state index >= 15 is 0 Å². The molecule has 0 aromatic carbocycles. The Kier molecular flexibility index (Phi) is 13.0. The first-order valence-corrected chi connectivity index (χ1v) is 3.00. The Labute approximate surface area is 46.6 Å². The molecule has 7 heavy (non-hydrogen) atoms. The van der Waals surface area contributed by atoms with Gasteiger partial charge in [0.2, 0.25) is 6.08 Å². The van der Waals surface area contributed by atoms with Gasteiger partial charge in [0.05, 0.1) is 0 Å². The minimum absolute atomic E-state index is 0.750. The molecule has 0 aliphatic heterocycles. The van der Waals surface area contributed by atoms with Gasteiger partial charge in [0.1, 0.15) is 0 Å². The normalized spacial score (nSPS) is 6.00. The largest absolute Gasteiger partial charge is 0.459 e. The van der Waals surface area contributed by atoms with Crippen LogP contribution in [0.25, 0.3) is 0 Å². The highest BCUT2D eigenvalue weighted by Gasteiger charge is 1.19. The predicted molar refractivity (Wildman–Crippen MR) is 26.5 cm³/mol. The first-order chi connectivity index (χ1) is 3.15. The van der Waals surface area contributed by atoms with E-state index in [1.165, 1.54) is 0 Å². The summed E-state index contributed by atoms with van der Waals surface area (Å²) in [6.45, 7) is 0. The lowest BCUT2D eigenvalue weighted by molar-refractivity contribution is 0.536. The van der Waals surface area contributed by atoms with Gasteiger partial charge < -0.3 is 8.76 Å². The summed E-state index contributed by atoms with van der Waals surface area (Å²) in [5, 5.41) is 5.40. The van der Waals surface area contributed by atoms with Crippen molar-refractivity contribution in [2.75, 3.05) is 0 Å². The van der Waals surface area contributed by atoms with Crippen LogP contribution in [0.2, 0.25) is 0 Å². The molecule has 0 aromatic heterocycles. The Balaban J connectivity index is 0. The molecule has 0 aliphatic carbocycles. The zero-order valence-corrected chi connectivity index (χ0v) is 4.71. The van der Waals surface area contributed by atoms with Crippen LogP contribution in [0.1, 0.15) is 0 Å². The van der Waals surface area contributed by atoms with Crippen molar-refractivity contribution in [3.63, 3.8) is 0 Å². The maximum atomic E-state index is 8.93. The van der Waals surface area contributed by atoms with Crippen molar-refractivity contribution in [2.24, 2.45) is 0 Å². The molecule has 0 saturated heterocycles. The third kappa shape index (κ3) is 935. The SMILES string of the molecule is N=C=O.O=[S-](O)=S. The van der Waals surface area contributed by atoms with E-state index in [1.54, 1.807) is 0 Å². The first kappa shape index (κ1) is 9.86. The molecule has 2 N–H and O–H groups in total. The van der Waals surface area contributed by atoms with E-state index in [1.807, 2.05) is 0 Å². The van der Waals surface area contributed by atoms with E-state index in [0.29, 0.717) is 0 Å². The van der Waals surface area contributed by atoms with Crippen molar-refractivity contribution in [1.82, 2.24) is 0 Å². The Bertz CT molecular complexity index is 113. The summed E-state index contributed by atoms with van der Waals surface area (Å²) >= 11 is 3.65. The summed E-state index contributed by atoms with van der Waals surface area (Å²) in [5.74, 6) is 0. The molecule has 0 atom stereocenters. The average molecular weight is 140 g/mol. The number of hydrogen-bond donors (Lipinski definition) is 2. The van der Waals surface area contributed by atoms with Crippen molar-refractivity contribution < 1.29 is 13.6 Å². The van der Waals surface area contributed by atoms with Crippen LogP contribution in [0.5, 0.6) is 0 Å².